The molecular weight excluding hydrogens is 470 g/mol. The van der Waals surface area contributed by atoms with Crippen LogP contribution >= 0.6 is 27.5 Å². The molecule has 0 saturated heterocycles. The standard InChI is InChI=1S/C22H13BrClN3O3/c23-16-7-5-14(6-8-16)21-25-19(13-15-3-1-2-4-20(15)27(29)30)22(28)26(21)18-11-9-17(24)10-12-18/h1-13H/b19-13+. The third-order valence-corrected chi connectivity index (χ3v) is 5.25. The summed E-state index contributed by atoms with van der Waals surface area (Å²) in [5.41, 5.74) is 1.65. The first-order chi connectivity index (χ1) is 14.4. The maximum absolute atomic E-state index is 13.3. The molecule has 148 valence electrons. The molecule has 0 spiro atoms. The zero-order valence-electron chi connectivity index (χ0n) is 15.3. The lowest BCUT2D eigenvalue weighted by Crippen LogP contribution is -2.32. The highest BCUT2D eigenvalue weighted by molar-refractivity contribution is 9.10. The monoisotopic (exact) mass is 481 g/mol. The second-order valence-corrected chi connectivity index (χ2v) is 7.76. The normalized spacial score (nSPS) is 14.9. The van der Waals surface area contributed by atoms with E-state index in [2.05, 4.69) is 20.9 Å². The van der Waals surface area contributed by atoms with Crippen LogP contribution in [0.1, 0.15) is 11.1 Å². The van der Waals surface area contributed by atoms with Crippen LogP contribution in [0.4, 0.5) is 11.4 Å². The molecule has 1 aliphatic rings. The molecule has 0 aromatic heterocycles. The largest absolute Gasteiger partial charge is 0.282 e. The van der Waals surface area contributed by atoms with Gasteiger partial charge < -0.3 is 0 Å². The van der Waals surface area contributed by atoms with Crippen molar-refractivity contribution >= 4 is 56.7 Å². The number of rotatable bonds is 4. The van der Waals surface area contributed by atoms with E-state index in [1.165, 1.54) is 17.0 Å². The number of amidine groups is 1. The van der Waals surface area contributed by atoms with E-state index < -0.39 is 4.92 Å². The van der Waals surface area contributed by atoms with E-state index in [4.69, 9.17) is 11.6 Å². The molecule has 0 saturated carbocycles. The van der Waals surface area contributed by atoms with Gasteiger partial charge in [-0.15, -0.1) is 0 Å². The first kappa shape index (κ1) is 20.0. The number of aliphatic imine (C=N–C) groups is 1. The van der Waals surface area contributed by atoms with Crippen molar-refractivity contribution in [3.05, 3.63) is 109 Å². The van der Waals surface area contributed by atoms with Gasteiger partial charge in [0.15, 0.2) is 0 Å². The van der Waals surface area contributed by atoms with Gasteiger partial charge >= 0.3 is 0 Å². The summed E-state index contributed by atoms with van der Waals surface area (Å²) < 4.78 is 0.893. The second kappa shape index (κ2) is 8.22. The van der Waals surface area contributed by atoms with Crippen LogP contribution in [0, 0.1) is 10.1 Å². The fourth-order valence-electron chi connectivity index (χ4n) is 3.06. The molecule has 30 heavy (non-hydrogen) atoms. The quantitative estimate of drug-likeness (QED) is 0.266. The van der Waals surface area contributed by atoms with Crippen LogP contribution in [0.3, 0.4) is 0 Å². The van der Waals surface area contributed by atoms with Gasteiger partial charge in [-0.05, 0) is 48.5 Å². The molecule has 3 aromatic carbocycles. The number of carbonyl (C=O) groups is 1. The Kier molecular flexibility index (Phi) is 5.48. The molecule has 4 rings (SSSR count). The first-order valence-electron chi connectivity index (χ1n) is 8.84. The number of hydrogen-bond acceptors (Lipinski definition) is 4. The fraction of sp³-hybridized carbons (Fsp3) is 0. The van der Waals surface area contributed by atoms with Crippen molar-refractivity contribution in [2.24, 2.45) is 4.99 Å². The van der Waals surface area contributed by atoms with Crippen LogP contribution in [-0.4, -0.2) is 16.7 Å². The number of benzene rings is 3. The van der Waals surface area contributed by atoms with E-state index in [0.29, 0.717) is 22.1 Å². The maximum Gasteiger partial charge on any atom is 0.282 e. The number of nitro groups is 1. The Bertz CT molecular complexity index is 1210. The van der Waals surface area contributed by atoms with Crippen LogP contribution in [0.25, 0.3) is 6.08 Å². The molecule has 6 nitrogen and oxygen atoms in total. The highest BCUT2D eigenvalue weighted by Crippen LogP contribution is 2.30. The number of amides is 1. The van der Waals surface area contributed by atoms with Gasteiger partial charge in [0.1, 0.15) is 11.5 Å². The summed E-state index contributed by atoms with van der Waals surface area (Å²) in [6.07, 6.45) is 1.44. The maximum atomic E-state index is 13.3. The van der Waals surface area contributed by atoms with Gasteiger partial charge in [-0.2, -0.15) is 0 Å². The first-order valence-corrected chi connectivity index (χ1v) is 10.0. The zero-order chi connectivity index (χ0) is 21.3. The summed E-state index contributed by atoms with van der Waals surface area (Å²) in [7, 11) is 0. The highest BCUT2D eigenvalue weighted by atomic mass is 79.9. The molecule has 0 atom stereocenters. The fourth-order valence-corrected chi connectivity index (χ4v) is 3.45. The molecule has 0 N–H and O–H groups in total. The Morgan fingerprint density at radius 2 is 1.67 bits per heavy atom. The van der Waals surface area contributed by atoms with Crippen LogP contribution < -0.4 is 4.90 Å². The molecule has 0 aliphatic carbocycles. The summed E-state index contributed by atoms with van der Waals surface area (Å²) in [5.74, 6) is 0.0491. The van der Waals surface area contributed by atoms with E-state index >= 15 is 0 Å². The number of anilines is 1. The van der Waals surface area contributed by atoms with Gasteiger partial charge in [-0.25, -0.2) is 4.99 Å². The summed E-state index contributed by atoms with van der Waals surface area (Å²) in [6.45, 7) is 0. The summed E-state index contributed by atoms with van der Waals surface area (Å²) in [4.78, 5) is 30.1. The molecule has 1 heterocycles. The number of carbonyl (C=O) groups excluding carboxylic acids is 1. The number of hydrogen-bond donors (Lipinski definition) is 0. The molecule has 1 aliphatic heterocycles. The predicted molar refractivity (Wildman–Crippen MR) is 121 cm³/mol. The number of nitro benzene ring substituents is 1. The summed E-state index contributed by atoms with van der Waals surface area (Å²) in [6, 6.07) is 20.4. The van der Waals surface area contributed by atoms with Crippen molar-refractivity contribution in [2.45, 2.75) is 0 Å². The Hall–Kier alpha value is -3.29. The average Bonchev–Trinajstić information content (AvgIpc) is 3.05. The lowest BCUT2D eigenvalue weighted by Gasteiger charge is -2.18. The molecule has 1 amide bonds. The lowest BCUT2D eigenvalue weighted by atomic mass is 10.1. The molecule has 0 radical (unpaired) electrons. The Morgan fingerprint density at radius 3 is 2.33 bits per heavy atom. The molecule has 8 heteroatoms. The van der Waals surface area contributed by atoms with Gasteiger partial charge in [0.25, 0.3) is 11.6 Å². The third-order valence-electron chi connectivity index (χ3n) is 4.47. The average molecular weight is 483 g/mol. The van der Waals surface area contributed by atoms with E-state index in [1.807, 2.05) is 24.3 Å². The molecule has 3 aromatic rings. The summed E-state index contributed by atoms with van der Waals surface area (Å²) in [5, 5.41) is 11.9. The van der Waals surface area contributed by atoms with Crippen molar-refractivity contribution in [1.29, 1.82) is 0 Å². The Balaban J connectivity index is 1.85. The molecular formula is C22H13BrClN3O3. The summed E-state index contributed by atoms with van der Waals surface area (Å²) >= 11 is 9.40. The van der Waals surface area contributed by atoms with Crippen molar-refractivity contribution < 1.29 is 9.72 Å². The van der Waals surface area contributed by atoms with Crippen molar-refractivity contribution in [2.75, 3.05) is 4.90 Å². The topological polar surface area (TPSA) is 75.8 Å². The molecule has 0 fully saturated rings. The van der Waals surface area contributed by atoms with Crippen molar-refractivity contribution in [3.63, 3.8) is 0 Å². The smallest absolute Gasteiger partial charge is 0.266 e. The van der Waals surface area contributed by atoms with Crippen LogP contribution in [-0.2, 0) is 4.79 Å². The number of halogens is 2. The van der Waals surface area contributed by atoms with Gasteiger partial charge in [0.2, 0.25) is 0 Å². The predicted octanol–water partition coefficient (Wildman–Crippen LogP) is 5.85. The number of nitrogens with zero attached hydrogens (tertiary/aromatic N) is 3. The Morgan fingerprint density at radius 1 is 1.00 bits per heavy atom. The minimum atomic E-state index is -0.484. The Labute approximate surface area is 185 Å². The minimum Gasteiger partial charge on any atom is -0.266 e. The molecule has 0 unspecified atom stereocenters. The third kappa shape index (κ3) is 3.90. The minimum absolute atomic E-state index is 0.0943. The van der Waals surface area contributed by atoms with Crippen LogP contribution in [0.2, 0.25) is 5.02 Å². The van der Waals surface area contributed by atoms with Gasteiger partial charge in [-0.3, -0.25) is 19.8 Å². The van der Waals surface area contributed by atoms with Crippen molar-refractivity contribution in [3.8, 4) is 0 Å². The van der Waals surface area contributed by atoms with Gasteiger partial charge in [0, 0.05) is 21.1 Å². The van der Waals surface area contributed by atoms with E-state index in [0.717, 1.165) is 10.0 Å². The SMILES string of the molecule is O=C1/C(=C\c2ccccc2[N+](=O)[O-])N=C(c2ccc(Br)cc2)N1c1ccc(Cl)cc1. The molecule has 0 bridgehead atoms. The van der Waals surface area contributed by atoms with E-state index in [-0.39, 0.29) is 17.3 Å². The highest BCUT2D eigenvalue weighted by Gasteiger charge is 2.33. The van der Waals surface area contributed by atoms with Crippen LogP contribution in [0.5, 0.6) is 0 Å². The van der Waals surface area contributed by atoms with E-state index in [9.17, 15) is 14.9 Å². The van der Waals surface area contributed by atoms with Crippen molar-refractivity contribution in [1.82, 2.24) is 0 Å². The lowest BCUT2D eigenvalue weighted by molar-refractivity contribution is -0.385. The number of para-hydroxylation sites is 1. The van der Waals surface area contributed by atoms with E-state index in [1.54, 1.807) is 42.5 Å². The van der Waals surface area contributed by atoms with Gasteiger partial charge in [0.05, 0.1) is 16.2 Å². The zero-order valence-corrected chi connectivity index (χ0v) is 17.7. The second-order valence-electron chi connectivity index (χ2n) is 6.40. The van der Waals surface area contributed by atoms with Crippen LogP contribution in [0.15, 0.2) is 88.0 Å². The van der Waals surface area contributed by atoms with Gasteiger partial charge in [-0.1, -0.05) is 51.8 Å².